The summed E-state index contributed by atoms with van der Waals surface area (Å²) in [5, 5.41) is 23.7. The Labute approximate surface area is 179 Å². The van der Waals surface area contributed by atoms with Crippen LogP contribution in [0.2, 0.25) is 0 Å². The molecule has 0 saturated carbocycles. The molecule has 0 spiro atoms. The number of carboxylic acid groups (broad SMARTS) is 1. The first kappa shape index (κ1) is 22.1. The van der Waals surface area contributed by atoms with Gasteiger partial charge in [-0.05, 0) is 38.5 Å². The van der Waals surface area contributed by atoms with Gasteiger partial charge >= 0.3 is 5.97 Å². The Morgan fingerprint density at radius 1 is 1.26 bits per heavy atom. The van der Waals surface area contributed by atoms with Crippen molar-refractivity contribution in [2.75, 3.05) is 11.9 Å². The lowest BCUT2D eigenvalue weighted by molar-refractivity contribution is -0.384. The Balaban J connectivity index is 1.91. The normalized spacial score (nSPS) is 16.2. The summed E-state index contributed by atoms with van der Waals surface area (Å²) >= 11 is 0. The van der Waals surface area contributed by atoms with Crippen LogP contribution in [0.3, 0.4) is 0 Å². The van der Waals surface area contributed by atoms with E-state index in [-0.39, 0.29) is 29.9 Å². The van der Waals surface area contributed by atoms with Crippen molar-refractivity contribution in [2.45, 2.75) is 45.4 Å². The number of ether oxygens (including phenoxy) is 1. The summed E-state index contributed by atoms with van der Waals surface area (Å²) in [5.74, 6) is -0.891. The third-order valence-corrected chi connectivity index (χ3v) is 4.73. The van der Waals surface area contributed by atoms with E-state index in [1.807, 2.05) is 32.9 Å². The summed E-state index contributed by atoms with van der Waals surface area (Å²) in [6, 6.07) is 10.9. The van der Waals surface area contributed by atoms with Crippen molar-refractivity contribution in [3.8, 4) is 5.75 Å². The SMILES string of the molecule is CC(C)(C)Oc1ccc(C[C@@H]2Nc3c(cccc3[N+](=O)[O-])CN(CC(=O)O)C2=O)cc1. The molecule has 2 N–H and O–H groups in total. The number of hydrogen-bond donors (Lipinski definition) is 2. The largest absolute Gasteiger partial charge is 0.488 e. The lowest BCUT2D eigenvalue weighted by Crippen LogP contribution is -2.43. The predicted molar refractivity (Wildman–Crippen MR) is 114 cm³/mol. The number of carbonyl (C=O) groups is 2. The number of fused-ring (bicyclic) bond motifs is 1. The molecule has 1 aliphatic heterocycles. The minimum atomic E-state index is -1.15. The molecule has 0 bridgehead atoms. The quantitative estimate of drug-likeness (QED) is 0.536. The Bertz CT molecular complexity index is 997. The highest BCUT2D eigenvalue weighted by atomic mass is 16.6. The maximum atomic E-state index is 13.1. The first-order valence-corrected chi connectivity index (χ1v) is 9.85. The van der Waals surface area contributed by atoms with Crippen LogP contribution in [0.25, 0.3) is 0 Å². The average Bonchev–Trinajstić information content (AvgIpc) is 2.79. The summed E-state index contributed by atoms with van der Waals surface area (Å²) in [6.07, 6.45) is 0.232. The summed E-state index contributed by atoms with van der Waals surface area (Å²) in [6.45, 7) is 5.31. The number of anilines is 1. The minimum absolute atomic E-state index is 0.0238. The van der Waals surface area contributed by atoms with Gasteiger partial charge in [0.05, 0.1) is 4.92 Å². The molecular weight excluding hydrogens is 402 g/mol. The number of para-hydroxylation sites is 1. The minimum Gasteiger partial charge on any atom is -0.488 e. The van der Waals surface area contributed by atoms with Gasteiger partial charge in [-0.25, -0.2) is 0 Å². The summed E-state index contributed by atoms with van der Waals surface area (Å²) in [7, 11) is 0. The molecule has 31 heavy (non-hydrogen) atoms. The van der Waals surface area contributed by atoms with Crippen LogP contribution >= 0.6 is 0 Å². The zero-order chi connectivity index (χ0) is 22.8. The van der Waals surface area contributed by atoms with E-state index >= 15 is 0 Å². The van der Waals surface area contributed by atoms with E-state index in [1.54, 1.807) is 18.2 Å². The number of carbonyl (C=O) groups excluding carboxylic acids is 1. The molecule has 1 aliphatic rings. The maximum absolute atomic E-state index is 13.1. The van der Waals surface area contributed by atoms with Crippen molar-refractivity contribution in [1.29, 1.82) is 0 Å². The van der Waals surface area contributed by atoms with Gasteiger partial charge in [-0.3, -0.25) is 19.7 Å². The summed E-state index contributed by atoms with van der Waals surface area (Å²) in [4.78, 5) is 36.6. The second-order valence-electron chi connectivity index (χ2n) is 8.42. The Kier molecular flexibility index (Phi) is 6.14. The van der Waals surface area contributed by atoms with Crippen molar-refractivity contribution in [3.05, 3.63) is 63.7 Å². The van der Waals surface area contributed by atoms with Crippen molar-refractivity contribution >= 4 is 23.3 Å². The number of rotatable bonds is 6. The molecule has 2 aromatic rings. The van der Waals surface area contributed by atoms with Crippen molar-refractivity contribution in [1.82, 2.24) is 4.90 Å². The molecule has 1 atom stereocenters. The third kappa shape index (κ3) is 5.50. The number of nitrogens with one attached hydrogen (secondary N) is 1. The fourth-order valence-electron chi connectivity index (χ4n) is 3.50. The summed E-state index contributed by atoms with van der Waals surface area (Å²) < 4.78 is 5.81. The molecule has 1 amide bonds. The molecule has 0 unspecified atom stereocenters. The van der Waals surface area contributed by atoms with Gasteiger partial charge < -0.3 is 20.1 Å². The van der Waals surface area contributed by atoms with Gasteiger partial charge in [0.15, 0.2) is 0 Å². The highest BCUT2D eigenvalue weighted by Crippen LogP contribution is 2.33. The van der Waals surface area contributed by atoms with Crippen LogP contribution < -0.4 is 10.1 Å². The number of nitrogens with zero attached hydrogens (tertiary/aromatic N) is 2. The van der Waals surface area contributed by atoms with Crippen LogP contribution in [0, 0.1) is 10.1 Å². The van der Waals surface area contributed by atoms with E-state index in [0.717, 1.165) is 5.56 Å². The summed E-state index contributed by atoms with van der Waals surface area (Å²) in [5.41, 5.74) is 1.05. The molecule has 0 radical (unpaired) electrons. The number of nitro benzene ring substituents is 1. The van der Waals surface area contributed by atoms with Gasteiger partial charge in [0.1, 0.15) is 29.6 Å². The fraction of sp³-hybridized carbons (Fsp3) is 0.364. The van der Waals surface area contributed by atoms with E-state index < -0.39 is 29.4 Å². The molecule has 9 nitrogen and oxygen atoms in total. The van der Waals surface area contributed by atoms with Crippen LogP contribution in [-0.2, 0) is 22.6 Å². The van der Waals surface area contributed by atoms with Crippen molar-refractivity contribution in [3.63, 3.8) is 0 Å². The highest BCUT2D eigenvalue weighted by molar-refractivity contribution is 5.90. The van der Waals surface area contributed by atoms with Gasteiger partial charge in [0, 0.05) is 24.6 Å². The second-order valence-corrected chi connectivity index (χ2v) is 8.42. The van der Waals surface area contributed by atoms with Gasteiger partial charge in [-0.2, -0.15) is 0 Å². The Hall–Kier alpha value is -3.62. The molecule has 0 saturated heterocycles. The van der Waals surface area contributed by atoms with Crippen molar-refractivity contribution < 1.29 is 24.4 Å². The standard InChI is InChI=1S/C22H25N3O6/c1-22(2,3)31-16-9-7-14(8-10-16)11-17-21(28)24(13-19(26)27)12-15-5-4-6-18(25(29)30)20(15)23-17/h4-10,17,23H,11-13H2,1-3H3,(H,26,27)/t17-/m0/s1. The number of aliphatic carboxylic acids is 1. The Morgan fingerprint density at radius 3 is 2.52 bits per heavy atom. The van der Waals surface area contributed by atoms with E-state index in [0.29, 0.717) is 11.3 Å². The fourth-order valence-corrected chi connectivity index (χ4v) is 3.50. The maximum Gasteiger partial charge on any atom is 0.323 e. The molecule has 0 aliphatic carbocycles. The van der Waals surface area contributed by atoms with E-state index in [4.69, 9.17) is 4.74 Å². The molecule has 1 heterocycles. The van der Waals surface area contributed by atoms with Gasteiger partial charge in [-0.1, -0.05) is 24.3 Å². The molecular formula is C22H25N3O6. The molecule has 9 heteroatoms. The zero-order valence-electron chi connectivity index (χ0n) is 17.6. The molecule has 0 fully saturated rings. The molecule has 164 valence electrons. The number of hydrogen-bond acceptors (Lipinski definition) is 6. The number of nitro groups is 1. The highest BCUT2D eigenvalue weighted by Gasteiger charge is 2.33. The van der Waals surface area contributed by atoms with Crippen LogP contribution in [0.5, 0.6) is 5.75 Å². The van der Waals surface area contributed by atoms with Crippen LogP contribution in [-0.4, -0.2) is 45.0 Å². The molecule has 2 aromatic carbocycles. The first-order valence-electron chi connectivity index (χ1n) is 9.85. The predicted octanol–water partition coefficient (Wildman–Crippen LogP) is 3.22. The first-order chi connectivity index (χ1) is 14.5. The molecule has 3 rings (SSSR count). The average molecular weight is 427 g/mol. The lowest BCUT2D eigenvalue weighted by atomic mass is 10.0. The zero-order valence-corrected chi connectivity index (χ0v) is 17.6. The van der Waals surface area contributed by atoms with Gasteiger partial charge in [-0.15, -0.1) is 0 Å². The topological polar surface area (TPSA) is 122 Å². The van der Waals surface area contributed by atoms with E-state index in [1.165, 1.54) is 17.0 Å². The van der Waals surface area contributed by atoms with E-state index in [9.17, 15) is 24.8 Å². The second kappa shape index (κ2) is 8.63. The van der Waals surface area contributed by atoms with E-state index in [2.05, 4.69) is 5.32 Å². The third-order valence-electron chi connectivity index (χ3n) is 4.73. The Morgan fingerprint density at radius 2 is 1.94 bits per heavy atom. The lowest BCUT2D eigenvalue weighted by Gasteiger charge is -2.23. The number of carboxylic acids is 1. The van der Waals surface area contributed by atoms with Gasteiger partial charge in [0.25, 0.3) is 5.69 Å². The molecule has 0 aromatic heterocycles. The van der Waals surface area contributed by atoms with Gasteiger partial charge in [0.2, 0.25) is 5.91 Å². The number of amides is 1. The number of benzene rings is 2. The monoisotopic (exact) mass is 427 g/mol. The van der Waals surface area contributed by atoms with Crippen LogP contribution in [0.15, 0.2) is 42.5 Å². The van der Waals surface area contributed by atoms with Crippen LogP contribution in [0.4, 0.5) is 11.4 Å². The van der Waals surface area contributed by atoms with Crippen molar-refractivity contribution in [2.24, 2.45) is 0 Å². The smallest absolute Gasteiger partial charge is 0.323 e. The van der Waals surface area contributed by atoms with Crippen LogP contribution in [0.1, 0.15) is 31.9 Å².